The summed E-state index contributed by atoms with van der Waals surface area (Å²) in [4.78, 5) is 16.6. The SMILES string of the molecule is Cc1ccccc1CNC(=O)N1CCN(CCc2ccc(F)cc2)CC1. The molecular formula is C21H26FN3O. The van der Waals surface area contributed by atoms with Gasteiger partial charge in [0.2, 0.25) is 0 Å². The van der Waals surface area contributed by atoms with Crippen molar-refractivity contribution in [3.05, 3.63) is 71.0 Å². The van der Waals surface area contributed by atoms with Crippen molar-refractivity contribution in [2.45, 2.75) is 19.9 Å². The number of nitrogens with one attached hydrogen (secondary N) is 1. The van der Waals surface area contributed by atoms with E-state index < -0.39 is 0 Å². The second-order valence-electron chi connectivity index (χ2n) is 6.79. The largest absolute Gasteiger partial charge is 0.334 e. The Morgan fingerprint density at radius 1 is 1.04 bits per heavy atom. The Morgan fingerprint density at radius 2 is 1.73 bits per heavy atom. The van der Waals surface area contributed by atoms with Gasteiger partial charge in [-0.25, -0.2) is 9.18 Å². The first kappa shape index (κ1) is 18.4. The van der Waals surface area contributed by atoms with Gasteiger partial charge in [-0.2, -0.15) is 0 Å². The summed E-state index contributed by atoms with van der Waals surface area (Å²) >= 11 is 0. The van der Waals surface area contributed by atoms with Crippen LogP contribution in [0.5, 0.6) is 0 Å². The molecule has 1 aliphatic heterocycles. The molecule has 1 heterocycles. The summed E-state index contributed by atoms with van der Waals surface area (Å²) in [6.45, 7) is 6.78. The number of benzene rings is 2. The number of piperazine rings is 1. The fourth-order valence-corrected chi connectivity index (χ4v) is 3.20. The number of amides is 2. The molecule has 0 unspecified atom stereocenters. The number of aryl methyl sites for hydroxylation is 1. The molecule has 0 aromatic heterocycles. The third-order valence-electron chi connectivity index (χ3n) is 4.98. The minimum Gasteiger partial charge on any atom is -0.334 e. The first-order valence-corrected chi connectivity index (χ1v) is 9.16. The molecule has 0 saturated carbocycles. The summed E-state index contributed by atoms with van der Waals surface area (Å²) in [6, 6.07) is 14.8. The van der Waals surface area contributed by atoms with Crippen molar-refractivity contribution in [3.63, 3.8) is 0 Å². The van der Waals surface area contributed by atoms with Crippen LogP contribution in [0.2, 0.25) is 0 Å². The molecule has 3 rings (SSSR count). The zero-order valence-corrected chi connectivity index (χ0v) is 15.2. The Kier molecular flexibility index (Phi) is 6.23. The maximum absolute atomic E-state index is 12.9. The molecule has 26 heavy (non-hydrogen) atoms. The van der Waals surface area contributed by atoms with E-state index in [1.807, 2.05) is 35.2 Å². The molecule has 2 aromatic rings. The van der Waals surface area contributed by atoms with Gasteiger partial charge in [0.15, 0.2) is 0 Å². The molecule has 4 nitrogen and oxygen atoms in total. The zero-order valence-electron chi connectivity index (χ0n) is 15.2. The topological polar surface area (TPSA) is 35.6 Å². The molecule has 0 aliphatic carbocycles. The van der Waals surface area contributed by atoms with E-state index in [0.29, 0.717) is 6.54 Å². The van der Waals surface area contributed by atoms with Crippen LogP contribution >= 0.6 is 0 Å². The van der Waals surface area contributed by atoms with Gasteiger partial charge in [-0.05, 0) is 42.2 Å². The van der Waals surface area contributed by atoms with Gasteiger partial charge in [0, 0.05) is 39.3 Å². The first-order valence-electron chi connectivity index (χ1n) is 9.16. The Hall–Kier alpha value is -2.40. The molecule has 2 amide bonds. The summed E-state index contributed by atoms with van der Waals surface area (Å²) in [5.41, 5.74) is 3.49. The lowest BCUT2D eigenvalue weighted by Crippen LogP contribution is -2.51. The number of carbonyl (C=O) groups excluding carboxylic acids is 1. The van der Waals surface area contributed by atoms with E-state index in [-0.39, 0.29) is 11.8 Å². The average Bonchev–Trinajstić information content (AvgIpc) is 2.67. The molecule has 0 bridgehead atoms. The van der Waals surface area contributed by atoms with E-state index in [4.69, 9.17) is 0 Å². The van der Waals surface area contributed by atoms with Gasteiger partial charge < -0.3 is 10.2 Å². The van der Waals surface area contributed by atoms with Gasteiger partial charge in [-0.15, -0.1) is 0 Å². The van der Waals surface area contributed by atoms with Crippen molar-refractivity contribution in [1.82, 2.24) is 15.1 Å². The van der Waals surface area contributed by atoms with Crippen LogP contribution in [-0.2, 0) is 13.0 Å². The highest BCUT2D eigenvalue weighted by molar-refractivity contribution is 5.74. The van der Waals surface area contributed by atoms with Crippen molar-refractivity contribution in [3.8, 4) is 0 Å². The highest BCUT2D eigenvalue weighted by Crippen LogP contribution is 2.09. The fraction of sp³-hybridized carbons (Fsp3) is 0.381. The van der Waals surface area contributed by atoms with Gasteiger partial charge in [0.05, 0.1) is 0 Å². The number of hydrogen-bond donors (Lipinski definition) is 1. The van der Waals surface area contributed by atoms with Crippen molar-refractivity contribution in [1.29, 1.82) is 0 Å². The van der Waals surface area contributed by atoms with Crippen LogP contribution in [0, 0.1) is 12.7 Å². The number of nitrogens with zero attached hydrogens (tertiary/aromatic N) is 2. The van der Waals surface area contributed by atoms with Crippen LogP contribution in [0.1, 0.15) is 16.7 Å². The quantitative estimate of drug-likeness (QED) is 0.894. The van der Waals surface area contributed by atoms with E-state index in [1.165, 1.54) is 17.7 Å². The van der Waals surface area contributed by atoms with Gasteiger partial charge in [-0.3, -0.25) is 4.90 Å². The second kappa shape index (κ2) is 8.81. The van der Waals surface area contributed by atoms with Crippen LogP contribution in [0.4, 0.5) is 9.18 Å². The standard InChI is InChI=1S/C21H26FN3O/c1-17-4-2-3-5-19(17)16-23-21(26)25-14-12-24(13-15-25)11-10-18-6-8-20(22)9-7-18/h2-9H,10-16H2,1H3,(H,23,26). The minimum absolute atomic E-state index is 0.00596. The van der Waals surface area contributed by atoms with Crippen molar-refractivity contribution in [2.75, 3.05) is 32.7 Å². The fourth-order valence-electron chi connectivity index (χ4n) is 3.20. The number of rotatable bonds is 5. The maximum atomic E-state index is 12.9. The first-order chi connectivity index (χ1) is 12.6. The summed E-state index contributed by atoms with van der Waals surface area (Å²) < 4.78 is 12.9. The highest BCUT2D eigenvalue weighted by Gasteiger charge is 2.20. The van der Waals surface area contributed by atoms with Crippen LogP contribution in [0.3, 0.4) is 0 Å². The van der Waals surface area contributed by atoms with E-state index >= 15 is 0 Å². The molecular weight excluding hydrogens is 329 g/mol. The Morgan fingerprint density at radius 3 is 2.42 bits per heavy atom. The second-order valence-corrected chi connectivity index (χ2v) is 6.79. The lowest BCUT2D eigenvalue weighted by Gasteiger charge is -2.34. The molecule has 0 atom stereocenters. The molecule has 2 aromatic carbocycles. The zero-order chi connectivity index (χ0) is 18.4. The molecule has 5 heteroatoms. The molecule has 1 saturated heterocycles. The van der Waals surface area contributed by atoms with Crippen LogP contribution in [0.15, 0.2) is 48.5 Å². The molecule has 1 fully saturated rings. The van der Waals surface area contributed by atoms with Crippen molar-refractivity contribution in [2.24, 2.45) is 0 Å². The average molecular weight is 355 g/mol. The molecule has 0 radical (unpaired) electrons. The van der Waals surface area contributed by atoms with Gasteiger partial charge in [-0.1, -0.05) is 36.4 Å². The predicted molar refractivity (Wildman–Crippen MR) is 102 cm³/mol. The Labute approximate surface area is 154 Å². The number of carbonyl (C=O) groups is 1. The Bertz CT molecular complexity index is 724. The molecule has 0 spiro atoms. The minimum atomic E-state index is -0.195. The van der Waals surface area contributed by atoms with Crippen molar-refractivity contribution < 1.29 is 9.18 Å². The van der Waals surface area contributed by atoms with Crippen LogP contribution < -0.4 is 5.32 Å². The van der Waals surface area contributed by atoms with Gasteiger partial charge >= 0.3 is 6.03 Å². The third-order valence-corrected chi connectivity index (χ3v) is 4.98. The van der Waals surface area contributed by atoms with Crippen molar-refractivity contribution >= 4 is 6.03 Å². The lowest BCUT2D eigenvalue weighted by molar-refractivity contribution is 0.140. The van der Waals surface area contributed by atoms with E-state index in [0.717, 1.165) is 50.3 Å². The predicted octanol–water partition coefficient (Wildman–Crippen LogP) is 3.20. The number of hydrogen-bond acceptors (Lipinski definition) is 2. The normalized spacial score (nSPS) is 15.1. The maximum Gasteiger partial charge on any atom is 0.317 e. The smallest absolute Gasteiger partial charge is 0.317 e. The van der Waals surface area contributed by atoms with Crippen LogP contribution in [-0.4, -0.2) is 48.6 Å². The number of urea groups is 1. The highest BCUT2D eigenvalue weighted by atomic mass is 19.1. The summed E-state index contributed by atoms with van der Waals surface area (Å²) in [7, 11) is 0. The van der Waals surface area contributed by atoms with Crippen LogP contribution in [0.25, 0.3) is 0 Å². The lowest BCUT2D eigenvalue weighted by atomic mass is 10.1. The summed E-state index contributed by atoms with van der Waals surface area (Å²) in [5, 5.41) is 3.02. The third kappa shape index (κ3) is 5.05. The van der Waals surface area contributed by atoms with E-state index in [1.54, 1.807) is 0 Å². The number of halogens is 1. The van der Waals surface area contributed by atoms with E-state index in [9.17, 15) is 9.18 Å². The Balaban J connectivity index is 1.39. The van der Waals surface area contributed by atoms with E-state index in [2.05, 4.69) is 23.2 Å². The summed E-state index contributed by atoms with van der Waals surface area (Å²) in [6.07, 6.45) is 0.903. The molecule has 1 aliphatic rings. The molecule has 1 N–H and O–H groups in total. The molecule has 138 valence electrons. The van der Waals surface area contributed by atoms with Gasteiger partial charge in [0.1, 0.15) is 5.82 Å². The van der Waals surface area contributed by atoms with Gasteiger partial charge in [0.25, 0.3) is 0 Å². The monoisotopic (exact) mass is 355 g/mol. The summed E-state index contributed by atoms with van der Waals surface area (Å²) in [5.74, 6) is -0.195.